The average Bonchev–Trinajstić information content (AvgIpc) is 2.96. The average molecular weight is 487 g/mol. The second kappa shape index (κ2) is 7.77. The number of nitrogens with zero attached hydrogens (tertiary/aromatic N) is 4. The molecule has 4 nitrogen and oxygen atoms in total. The fraction of sp³-hybridized carbons (Fsp3) is 0.0588. The topological polar surface area (TPSA) is 51.6 Å². The first-order chi connectivity index (χ1) is 18.7. The zero-order chi connectivity index (χ0) is 25.4. The van der Waals surface area contributed by atoms with Gasteiger partial charge in [0.25, 0.3) is 0 Å². The van der Waals surface area contributed by atoms with E-state index in [1.54, 1.807) is 0 Å². The molecule has 0 amide bonds. The van der Waals surface area contributed by atoms with Crippen molar-refractivity contribution in [1.82, 2.24) is 19.9 Å². The third-order valence-corrected chi connectivity index (χ3v) is 7.67. The summed E-state index contributed by atoms with van der Waals surface area (Å²) < 4.78 is 0. The second-order valence-electron chi connectivity index (χ2n) is 9.97. The fourth-order valence-electron chi connectivity index (χ4n) is 6.01. The Morgan fingerprint density at radius 3 is 1.97 bits per heavy atom. The summed E-state index contributed by atoms with van der Waals surface area (Å²) in [4.78, 5) is 19.2. The Kier molecular flexibility index (Phi) is 4.32. The van der Waals surface area contributed by atoms with Gasteiger partial charge in [-0.25, -0.2) is 15.0 Å². The Balaban J connectivity index is 1.53. The Morgan fingerprint density at radius 1 is 0.474 bits per heavy atom. The highest BCUT2D eigenvalue weighted by Crippen LogP contribution is 2.41. The molecule has 178 valence electrons. The minimum atomic E-state index is 0.777. The molecule has 2 aromatic heterocycles. The molecule has 0 aliphatic heterocycles. The van der Waals surface area contributed by atoms with Gasteiger partial charge in [-0.2, -0.15) is 0 Å². The van der Waals surface area contributed by atoms with Crippen LogP contribution in [0.5, 0.6) is 0 Å². The van der Waals surface area contributed by atoms with E-state index in [-0.39, 0.29) is 0 Å². The van der Waals surface area contributed by atoms with Crippen LogP contribution in [0.15, 0.2) is 97.3 Å². The molecule has 8 aromatic rings. The fourth-order valence-corrected chi connectivity index (χ4v) is 6.01. The van der Waals surface area contributed by atoms with E-state index in [4.69, 9.17) is 15.0 Å². The molecule has 4 heteroatoms. The van der Waals surface area contributed by atoms with Gasteiger partial charge in [-0.05, 0) is 58.0 Å². The summed E-state index contributed by atoms with van der Waals surface area (Å²) in [7, 11) is 0. The van der Waals surface area contributed by atoms with Crippen molar-refractivity contribution in [2.45, 2.75) is 13.8 Å². The number of aryl methyl sites for hydroxylation is 2. The van der Waals surface area contributed by atoms with Crippen molar-refractivity contribution in [3.05, 3.63) is 109 Å². The van der Waals surface area contributed by atoms with E-state index < -0.39 is 0 Å². The Labute approximate surface area is 218 Å². The Hall–Kier alpha value is -4.96. The van der Waals surface area contributed by atoms with Crippen LogP contribution in [-0.4, -0.2) is 19.9 Å². The van der Waals surface area contributed by atoms with Crippen molar-refractivity contribution in [3.8, 4) is 11.1 Å². The van der Waals surface area contributed by atoms with E-state index in [1.807, 2.05) is 26.2 Å². The molecule has 38 heavy (non-hydrogen) atoms. The van der Waals surface area contributed by atoms with Gasteiger partial charge in [-0.3, -0.25) is 4.98 Å². The first-order valence-corrected chi connectivity index (χ1v) is 12.8. The predicted octanol–water partition coefficient (Wildman–Crippen LogP) is 8.47. The summed E-state index contributed by atoms with van der Waals surface area (Å²) >= 11 is 0. The lowest BCUT2D eigenvalue weighted by atomic mass is 9.90. The van der Waals surface area contributed by atoms with Gasteiger partial charge in [0.1, 0.15) is 5.82 Å². The summed E-state index contributed by atoms with van der Waals surface area (Å²) in [5.41, 5.74) is 6.10. The smallest absolute Gasteiger partial charge is 0.125 e. The standard InChI is InChI=1S/C34H22N4/c1-19-17-36-34-31-22(12-7-13-26(31)25-10-5-6-11-27(25)33(34)37-19)21-14-15-28-29(16-21)23-8-3-4-9-24(23)30-18-35-20(2)38-32(28)30/h3-18H,1-2H3. The van der Waals surface area contributed by atoms with Crippen LogP contribution in [0, 0.1) is 13.8 Å². The first kappa shape index (κ1) is 21.2. The van der Waals surface area contributed by atoms with Crippen LogP contribution in [0.4, 0.5) is 0 Å². The van der Waals surface area contributed by atoms with Gasteiger partial charge >= 0.3 is 0 Å². The molecule has 0 bridgehead atoms. The lowest BCUT2D eigenvalue weighted by Crippen LogP contribution is -1.94. The van der Waals surface area contributed by atoms with Gasteiger partial charge in [-0.15, -0.1) is 0 Å². The van der Waals surface area contributed by atoms with Crippen LogP contribution in [-0.2, 0) is 0 Å². The molecular weight excluding hydrogens is 464 g/mol. The van der Waals surface area contributed by atoms with E-state index in [0.717, 1.165) is 60.7 Å². The third kappa shape index (κ3) is 2.91. The lowest BCUT2D eigenvalue weighted by molar-refractivity contribution is 1.10. The van der Waals surface area contributed by atoms with Crippen molar-refractivity contribution in [1.29, 1.82) is 0 Å². The maximum Gasteiger partial charge on any atom is 0.125 e. The van der Waals surface area contributed by atoms with E-state index >= 15 is 0 Å². The van der Waals surface area contributed by atoms with Crippen molar-refractivity contribution < 1.29 is 0 Å². The molecule has 0 aliphatic carbocycles. The highest BCUT2D eigenvalue weighted by molar-refractivity contribution is 6.28. The maximum absolute atomic E-state index is 4.95. The monoisotopic (exact) mass is 486 g/mol. The van der Waals surface area contributed by atoms with Crippen molar-refractivity contribution in [2.24, 2.45) is 0 Å². The highest BCUT2D eigenvalue weighted by atomic mass is 14.9. The molecule has 0 saturated carbocycles. The minimum absolute atomic E-state index is 0.777. The minimum Gasteiger partial charge on any atom is -0.252 e. The molecule has 8 rings (SSSR count). The molecule has 6 aromatic carbocycles. The zero-order valence-corrected chi connectivity index (χ0v) is 21.0. The maximum atomic E-state index is 4.95. The van der Waals surface area contributed by atoms with E-state index in [2.05, 4.69) is 89.9 Å². The summed E-state index contributed by atoms with van der Waals surface area (Å²) in [6, 6.07) is 30.3. The second-order valence-corrected chi connectivity index (χ2v) is 9.97. The molecule has 2 heterocycles. The van der Waals surface area contributed by atoms with Gasteiger partial charge in [-0.1, -0.05) is 78.9 Å². The van der Waals surface area contributed by atoms with Gasteiger partial charge in [0.15, 0.2) is 0 Å². The first-order valence-electron chi connectivity index (χ1n) is 12.8. The van der Waals surface area contributed by atoms with Crippen molar-refractivity contribution in [3.63, 3.8) is 0 Å². The SMILES string of the molecule is Cc1cnc2c(n1)c1ccccc1c1cccc(-c3ccc4c(c3)c3ccccc3c3cnc(C)nc43)c12. The summed E-state index contributed by atoms with van der Waals surface area (Å²) in [5.74, 6) is 0.777. The quantitative estimate of drug-likeness (QED) is 0.218. The molecule has 0 radical (unpaired) electrons. The zero-order valence-electron chi connectivity index (χ0n) is 21.0. The van der Waals surface area contributed by atoms with Crippen molar-refractivity contribution in [2.75, 3.05) is 0 Å². The lowest BCUT2D eigenvalue weighted by Gasteiger charge is -2.15. The molecule has 0 spiro atoms. The number of hydrogen-bond acceptors (Lipinski definition) is 4. The van der Waals surface area contributed by atoms with Crippen LogP contribution in [0.3, 0.4) is 0 Å². The number of benzene rings is 6. The summed E-state index contributed by atoms with van der Waals surface area (Å²) in [6.07, 6.45) is 3.82. The van der Waals surface area contributed by atoms with Crippen LogP contribution >= 0.6 is 0 Å². The number of hydrogen-bond donors (Lipinski definition) is 0. The van der Waals surface area contributed by atoms with Gasteiger partial charge in [0.2, 0.25) is 0 Å². The van der Waals surface area contributed by atoms with Crippen LogP contribution in [0.2, 0.25) is 0 Å². The number of rotatable bonds is 1. The van der Waals surface area contributed by atoms with Gasteiger partial charge in [0.05, 0.1) is 22.2 Å². The summed E-state index contributed by atoms with van der Waals surface area (Å²) in [6.45, 7) is 3.95. The third-order valence-electron chi connectivity index (χ3n) is 7.67. The molecule has 0 N–H and O–H groups in total. The van der Waals surface area contributed by atoms with Crippen molar-refractivity contribution >= 4 is 65.0 Å². The van der Waals surface area contributed by atoms with Gasteiger partial charge < -0.3 is 0 Å². The normalized spacial score (nSPS) is 11.9. The van der Waals surface area contributed by atoms with E-state index in [0.29, 0.717) is 0 Å². The van der Waals surface area contributed by atoms with E-state index in [9.17, 15) is 0 Å². The molecule has 0 saturated heterocycles. The Bertz CT molecular complexity index is 2270. The largest absolute Gasteiger partial charge is 0.252 e. The molecular formula is C34H22N4. The van der Waals surface area contributed by atoms with Gasteiger partial charge in [0, 0.05) is 33.9 Å². The highest BCUT2D eigenvalue weighted by Gasteiger charge is 2.16. The van der Waals surface area contributed by atoms with Crippen LogP contribution in [0.1, 0.15) is 11.5 Å². The Morgan fingerprint density at radius 2 is 1.16 bits per heavy atom. The number of aromatic nitrogens is 4. The predicted molar refractivity (Wildman–Crippen MR) is 158 cm³/mol. The van der Waals surface area contributed by atoms with Crippen LogP contribution in [0.25, 0.3) is 76.2 Å². The van der Waals surface area contributed by atoms with Crippen LogP contribution < -0.4 is 0 Å². The van der Waals surface area contributed by atoms with E-state index in [1.165, 1.54) is 26.9 Å². The summed E-state index contributed by atoms with van der Waals surface area (Å²) in [5, 5.41) is 10.4. The molecule has 0 atom stereocenters. The molecule has 0 unspecified atom stereocenters. The molecule has 0 fully saturated rings. The number of fused-ring (bicyclic) bond motifs is 12. The molecule has 0 aliphatic rings.